The Labute approximate surface area is 193 Å². The zero-order chi connectivity index (χ0) is 22.0. The number of benzene rings is 1. The fraction of sp³-hybridized carbons (Fsp3) is 0.690. The minimum Gasteiger partial charge on any atom is -0.234 e. The molecule has 0 spiro atoms. The standard InChI is InChI=1S/C29H49N2/c1-3-5-7-9-10-11-12-13-14-15-20-24-30-25-26-31(27-28-21-17-16-18-22-28)29(30)23-19-8-6-4-2/h16-18,21-22,25-26H,3-15,19-20,23-24,27H2,1-2H3/q+1. The zero-order valence-electron chi connectivity index (χ0n) is 20.7. The van der Waals surface area contributed by atoms with Crippen molar-refractivity contribution in [3.8, 4) is 0 Å². The molecule has 2 aromatic rings. The Morgan fingerprint density at radius 2 is 1.19 bits per heavy atom. The number of hydrogen-bond donors (Lipinski definition) is 0. The first-order chi connectivity index (χ1) is 15.3. The van der Waals surface area contributed by atoms with Crippen molar-refractivity contribution in [2.45, 2.75) is 130 Å². The molecule has 0 saturated heterocycles. The van der Waals surface area contributed by atoms with E-state index in [1.165, 1.54) is 121 Å². The van der Waals surface area contributed by atoms with Gasteiger partial charge in [-0.15, -0.1) is 0 Å². The van der Waals surface area contributed by atoms with Gasteiger partial charge in [0, 0.05) is 6.42 Å². The van der Waals surface area contributed by atoms with Crippen molar-refractivity contribution < 1.29 is 4.57 Å². The Hall–Kier alpha value is -1.57. The SMILES string of the molecule is CCCCCCCCCCCCC[n+]1ccn(Cc2ccccc2)c1CCCCCC. The van der Waals surface area contributed by atoms with Gasteiger partial charge in [0.1, 0.15) is 18.9 Å². The summed E-state index contributed by atoms with van der Waals surface area (Å²) in [4.78, 5) is 0. The van der Waals surface area contributed by atoms with Crippen LogP contribution in [0, 0.1) is 0 Å². The topological polar surface area (TPSA) is 8.81 Å². The van der Waals surface area contributed by atoms with E-state index in [0.29, 0.717) is 0 Å². The second kappa shape index (κ2) is 17.0. The van der Waals surface area contributed by atoms with Crippen LogP contribution in [0.2, 0.25) is 0 Å². The summed E-state index contributed by atoms with van der Waals surface area (Å²) in [6, 6.07) is 10.9. The largest absolute Gasteiger partial charge is 0.256 e. The Morgan fingerprint density at radius 1 is 0.645 bits per heavy atom. The minimum atomic E-state index is 0.995. The zero-order valence-corrected chi connectivity index (χ0v) is 20.7. The highest BCUT2D eigenvalue weighted by Gasteiger charge is 2.16. The van der Waals surface area contributed by atoms with Gasteiger partial charge in [-0.3, -0.25) is 0 Å². The summed E-state index contributed by atoms with van der Waals surface area (Å²) < 4.78 is 5.03. The molecule has 1 heterocycles. The van der Waals surface area contributed by atoms with Gasteiger partial charge in [0.2, 0.25) is 0 Å². The second-order valence-electron chi connectivity index (χ2n) is 9.37. The van der Waals surface area contributed by atoms with Crippen molar-refractivity contribution in [3.63, 3.8) is 0 Å². The number of imidazole rings is 1. The third-order valence-corrected chi connectivity index (χ3v) is 6.54. The number of hydrogen-bond acceptors (Lipinski definition) is 0. The van der Waals surface area contributed by atoms with Crippen LogP contribution >= 0.6 is 0 Å². The maximum absolute atomic E-state index is 2.54. The normalized spacial score (nSPS) is 11.3. The van der Waals surface area contributed by atoms with Crippen molar-refractivity contribution in [1.82, 2.24) is 4.57 Å². The van der Waals surface area contributed by atoms with E-state index in [2.05, 4.69) is 65.7 Å². The molecule has 1 aromatic heterocycles. The highest BCUT2D eigenvalue weighted by atomic mass is 15.1. The van der Waals surface area contributed by atoms with Crippen LogP contribution in [0.15, 0.2) is 42.7 Å². The van der Waals surface area contributed by atoms with Crippen LogP contribution in [0.4, 0.5) is 0 Å². The fourth-order valence-corrected chi connectivity index (χ4v) is 4.57. The van der Waals surface area contributed by atoms with Crippen molar-refractivity contribution in [1.29, 1.82) is 0 Å². The number of nitrogens with zero attached hydrogens (tertiary/aromatic N) is 2. The smallest absolute Gasteiger partial charge is 0.234 e. The van der Waals surface area contributed by atoms with Crippen LogP contribution in [0.5, 0.6) is 0 Å². The lowest BCUT2D eigenvalue weighted by Gasteiger charge is -2.07. The summed E-state index contributed by atoms with van der Waals surface area (Å²) in [6.45, 7) is 6.77. The van der Waals surface area contributed by atoms with Gasteiger partial charge in [0.25, 0.3) is 5.82 Å². The molecule has 174 valence electrons. The van der Waals surface area contributed by atoms with Crippen LogP contribution in [0.3, 0.4) is 0 Å². The molecule has 0 saturated carbocycles. The molecular weight excluding hydrogens is 376 g/mol. The molecule has 0 aliphatic carbocycles. The van der Waals surface area contributed by atoms with Gasteiger partial charge in [0.05, 0.1) is 6.54 Å². The number of rotatable bonds is 19. The van der Waals surface area contributed by atoms with E-state index in [9.17, 15) is 0 Å². The first-order valence-corrected chi connectivity index (χ1v) is 13.5. The highest BCUT2D eigenvalue weighted by Crippen LogP contribution is 2.12. The van der Waals surface area contributed by atoms with E-state index in [1.807, 2.05) is 0 Å². The van der Waals surface area contributed by atoms with Gasteiger partial charge in [-0.1, -0.05) is 121 Å². The molecule has 0 bridgehead atoms. The van der Waals surface area contributed by atoms with Gasteiger partial charge in [-0.2, -0.15) is 0 Å². The van der Waals surface area contributed by atoms with Gasteiger partial charge in [0.15, 0.2) is 0 Å². The number of aromatic nitrogens is 2. The lowest BCUT2D eigenvalue weighted by molar-refractivity contribution is -0.704. The van der Waals surface area contributed by atoms with E-state index in [0.717, 1.165) is 6.54 Å². The van der Waals surface area contributed by atoms with E-state index in [4.69, 9.17) is 0 Å². The van der Waals surface area contributed by atoms with E-state index in [1.54, 1.807) is 0 Å². The molecule has 0 aliphatic rings. The van der Waals surface area contributed by atoms with Crippen LogP contribution in [-0.4, -0.2) is 4.57 Å². The Bertz CT molecular complexity index is 659. The molecule has 0 aliphatic heterocycles. The summed E-state index contributed by atoms with van der Waals surface area (Å²) in [7, 11) is 0. The van der Waals surface area contributed by atoms with E-state index >= 15 is 0 Å². The quantitative estimate of drug-likeness (QED) is 0.158. The van der Waals surface area contributed by atoms with Crippen LogP contribution in [0.1, 0.15) is 122 Å². The molecule has 2 heteroatoms. The van der Waals surface area contributed by atoms with Gasteiger partial charge >= 0.3 is 0 Å². The average molecular weight is 426 g/mol. The van der Waals surface area contributed by atoms with E-state index in [-0.39, 0.29) is 0 Å². The van der Waals surface area contributed by atoms with Crippen molar-refractivity contribution in [3.05, 3.63) is 54.1 Å². The summed E-state index contributed by atoms with van der Waals surface area (Å²) in [6.07, 6.45) is 26.7. The molecule has 31 heavy (non-hydrogen) atoms. The molecule has 0 amide bonds. The van der Waals surface area contributed by atoms with Crippen molar-refractivity contribution in [2.75, 3.05) is 0 Å². The third kappa shape index (κ3) is 11.0. The van der Waals surface area contributed by atoms with Gasteiger partial charge < -0.3 is 0 Å². The molecule has 0 radical (unpaired) electrons. The van der Waals surface area contributed by atoms with Gasteiger partial charge in [-0.05, 0) is 24.8 Å². The lowest BCUT2D eigenvalue weighted by Crippen LogP contribution is -2.37. The summed E-state index contributed by atoms with van der Waals surface area (Å²) in [5, 5.41) is 0. The Morgan fingerprint density at radius 3 is 1.81 bits per heavy atom. The molecule has 0 atom stereocenters. The monoisotopic (exact) mass is 425 g/mol. The third-order valence-electron chi connectivity index (χ3n) is 6.54. The molecular formula is C29H49N2+. The Balaban J connectivity index is 1.72. The molecule has 0 N–H and O–H groups in total. The lowest BCUT2D eigenvalue weighted by atomic mass is 10.1. The maximum atomic E-state index is 2.54. The fourth-order valence-electron chi connectivity index (χ4n) is 4.57. The first kappa shape index (κ1) is 25.7. The molecule has 0 unspecified atom stereocenters. The first-order valence-electron chi connectivity index (χ1n) is 13.5. The highest BCUT2D eigenvalue weighted by molar-refractivity contribution is 5.15. The minimum absolute atomic E-state index is 0.995. The van der Waals surface area contributed by atoms with Gasteiger partial charge in [-0.25, -0.2) is 9.13 Å². The Kier molecular flexibility index (Phi) is 14.1. The predicted octanol–water partition coefficient (Wildman–Crippen LogP) is 8.26. The molecule has 0 fully saturated rings. The van der Waals surface area contributed by atoms with Crippen molar-refractivity contribution >= 4 is 0 Å². The summed E-state index contributed by atoms with van der Waals surface area (Å²) >= 11 is 0. The van der Waals surface area contributed by atoms with Crippen LogP contribution < -0.4 is 4.57 Å². The van der Waals surface area contributed by atoms with Crippen LogP contribution in [0.25, 0.3) is 0 Å². The van der Waals surface area contributed by atoms with E-state index < -0.39 is 0 Å². The molecule has 2 rings (SSSR count). The molecule has 1 aromatic carbocycles. The summed E-state index contributed by atoms with van der Waals surface area (Å²) in [5.41, 5.74) is 1.40. The average Bonchev–Trinajstić information content (AvgIpc) is 3.17. The summed E-state index contributed by atoms with van der Waals surface area (Å²) in [5.74, 6) is 1.52. The number of unbranched alkanes of at least 4 members (excludes halogenated alkanes) is 13. The molecule has 2 nitrogen and oxygen atoms in total. The van der Waals surface area contributed by atoms with Crippen LogP contribution in [-0.2, 0) is 19.5 Å². The second-order valence-corrected chi connectivity index (χ2v) is 9.37. The van der Waals surface area contributed by atoms with Crippen molar-refractivity contribution in [2.24, 2.45) is 0 Å². The number of aryl methyl sites for hydroxylation is 1. The predicted molar refractivity (Wildman–Crippen MR) is 134 cm³/mol. The maximum Gasteiger partial charge on any atom is 0.256 e.